The number of rotatable bonds is 8. The van der Waals surface area contributed by atoms with E-state index in [9.17, 15) is 9.18 Å². The lowest BCUT2D eigenvalue weighted by molar-refractivity contribution is -0.116. The van der Waals surface area contributed by atoms with Gasteiger partial charge in [0.15, 0.2) is 11.6 Å². The summed E-state index contributed by atoms with van der Waals surface area (Å²) in [6, 6.07) is 4.80. The fraction of sp³-hybridized carbons (Fsp3) is 0.320. The number of aryl methyl sites for hydroxylation is 2. The normalized spacial score (nSPS) is 13.0. The average Bonchev–Trinajstić information content (AvgIpc) is 2.74. The molecule has 3 rings (SSSR count). The van der Waals surface area contributed by atoms with Crippen LogP contribution in [0.4, 0.5) is 10.2 Å². The van der Waals surface area contributed by atoms with Crippen LogP contribution in [0.3, 0.4) is 0 Å². The van der Waals surface area contributed by atoms with Gasteiger partial charge < -0.3 is 5.32 Å². The highest BCUT2D eigenvalue weighted by atomic mass is 35.5. The lowest BCUT2D eigenvalue weighted by Gasteiger charge is -2.20. The van der Waals surface area contributed by atoms with E-state index < -0.39 is 0 Å². The van der Waals surface area contributed by atoms with Gasteiger partial charge in [0.25, 0.3) is 0 Å². The van der Waals surface area contributed by atoms with Gasteiger partial charge in [-0.05, 0) is 69.0 Å². The number of hydrogen-bond acceptors (Lipinski definition) is 4. The molecule has 0 radical (unpaired) electrons. The van der Waals surface area contributed by atoms with Gasteiger partial charge in [-0.15, -0.1) is 11.6 Å². The quantitative estimate of drug-likeness (QED) is 0.410. The molecule has 31 heavy (non-hydrogen) atoms. The van der Waals surface area contributed by atoms with E-state index in [0.717, 1.165) is 33.7 Å². The van der Waals surface area contributed by atoms with Crippen molar-refractivity contribution < 1.29 is 9.18 Å². The SMILES string of the molecule is C/C=C(\C=C/CCl)CC(=O)CNc1nc2c(nc1C=C(C)C)-c1ccc(F)cc1CC2. The number of nitrogens with one attached hydrogen (secondary N) is 1. The largest absolute Gasteiger partial charge is 0.361 e. The van der Waals surface area contributed by atoms with E-state index in [1.54, 1.807) is 12.1 Å². The van der Waals surface area contributed by atoms with Crippen LogP contribution in [0.25, 0.3) is 17.3 Å². The van der Waals surface area contributed by atoms with Crippen LogP contribution in [0, 0.1) is 5.82 Å². The Labute approximate surface area is 188 Å². The van der Waals surface area contributed by atoms with Gasteiger partial charge in [0, 0.05) is 17.9 Å². The van der Waals surface area contributed by atoms with Gasteiger partial charge in [0.2, 0.25) is 0 Å². The zero-order valence-corrected chi connectivity index (χ0v) is 18.9. The molecular weight excluding hydrogens is 413 g/mol. The van der Waals surface area contributed by atoms with Crippen LogP contribution in [0.5, 0.6) is 0 Å². The molecule has 0 bridgehead atoms. The Hall–Kier alpha value is -2.79. The van der Waals surface area contributed by atoms with Gasteiger partial charge >= 0.3 is 0 Å². The summed E-state index contributed by atoms with van der Waals surface area (Å²) in [4.78, 5) is 22.1. The molecule has 2 aromatic rings. The molecule has 0 unspecified atom stereocenters. The smallest absolute Gasteiger partial charge is 0.156 e. The molecule has 1 N–H and O–H groups in total. The minimum atomic E-state index is -0.238. The second kappa shape index (κ2) is 10.5. The van der Waals surface area contributed by atoms with E-state index in [1.807, 2.05) is 45.1 Å². The Balaban J connectivity index is 1.86. The third kappa shape index (κ3) is 5.88. The first-order valence-corrected chi connectivity index (χ1v) is 10.9. The lowest BCUT2D eigenvalue weighted by Crippen LogP contribution is -2.18. The summed E-state index contributed by atoms with van der Waals surface area (Å²) in [5.74, 6) is 0.821. The molecule has 0 amide bonds. The highest BCUT2D eigenvalue weighted by Gasteiger charge is 2.21. The number of fused-ring (bicyclic) bond motifs is 3. The molecule has 1 aromatic carbocycles. The molecule has 1 aliphatic rings. The van der Waals surface area contributed by atoms with Crippen LogP contribution in [-0.2, 0) is 17.6 Å². The van der Waals surface area contributed by atoms with Crippen LogP contribution >= 0.6 is 11.6 Å². The zero-order chi connectivity index (χ0) is 22.4. The fourth-order valence-electron chi connectivity index (χ4n) is 3.56. The van der Waals surface area contributed by atoms with Gasteiger partial charge in [-0.25, -0.2) is 14.4 Å². The first-order chi connectivity index (χ1) is 14.9. The van der Waals surface area contributed by atoms with Gasteiger partial charge in [-0.3, -0.25) is 4.79 Å². The maximum atomic E-state index is 13.6. The number of alkyl halides is 1. The fourth-order valence-corrected chi connectivity index (χ4v) is 3.65. The molecule has 1 heterocycles. The van der Waals surface area contributed by atoms with E-state index >= 15 is 0 Å². The van der Waals surface area contributed by atoms with E-state index in [-0.39, 0.29) is 18.1 Å². The number of nitrogens with zero attached hydrogens (tertiary/aromatic N) is 2. The Morgan fingerprint density at radius 1 is 1.26 bits per heavy atom. The standard InChI is InChI=1S/C25H27ClFN3O/c1-4-17(6-5-11-26)13-20(31)15-28-25-23(12-16(2)3)29-24-21-9-8-19(27)14-18(21)7-10-22(24)30-25/h4-6,8-9,12,14H,7,10-11,13,15H2,1-3H3,(H,28,30)/b6-5-,17-4+. The summed E-state index contributed by atoms with van der Waals surface area (Å²) in [5, 5.41) is 3.18. The predicted octanol–water partition coefficient (Wildman–Crippen LogP) is 5.92. The van der Waals surface area contributed by atoms with Crippen LogP contribution in [-0.4, -0.2) is 28.2 Å². The third-order valence-corrected chi connectivity index (χ3v) is 5.20. The van der Waals surface area contributed by atoms with Crippen LogP contribution in [0.1, 0.15) is 44.1 Å². The summed E-state index contributed by atoms with van der Waals surface area (Å²) >= 11 is 5.69. The number of Topliss-reactive ketones (excluding diaryl/α,β-unsaturated/α-hetero) is 1. The van der Waals surface area contributed by atoms with Gasteiger partial charge in [0.05, 0.1) is 17.9 Å². The lowest BCUT2D eigenvalue weighted by atomic mass is 9.91. The molecule has 0 aliphatic heterocycles. The second-order valence-electron chi connectivity index (χ2n) is 7.77. The number of carbonyl (C=O) groups is 1. The van der Waals surface area contributed by atoms with E-state index in [2.05, 4.69) is 5.32 Å². The van der Waals surface area contributed by atoms with Gasteiger partial charge in [-0.1, -0.05) is 23.8 Å². The summed E-state index contributed by atoms with van der Waals surface area (Å²) in [6.07, 6.45) is 9.27. The van der Waals surface area contributed by atoms with Crippen molar-refractivity contribution in [2.24, 2.45) is 0 Å². The van der Waals surface area contributed by atoms with Crippen LogP contribution in [0.15, 0.2) is 47.6 Å². The number of carbonyl (C=O) groups excluding carboxylic acids is 1. The minimum Gasteiger partial charge on any atom is -0.361 e. The number of ketones is 1. The Morgan fingerprint density at radius 2 is 2.06 bits per heavy atom. The molecule has 4 nitrogen and oxygen atoms in total. The molecular formula is C25H27ClFN3O. The molecule has 0 atom stereocenters. The topological polar surface area (TPSA) is 54.9 Å². The highest BCUT2D eigenvalue weighted by Crippen LogP contribution is 2.33. The second-order valence-corrected chi connectivity index (χ2v) is 8.07. The summed E-state index contributed by atoms with van der Waals surface area (Å²) < 4.78 is 13.6. The Morgan fingerprint density at radius 3 is 2.77 bits per heavy atom. The molecule has 0 saturated heterocycles. The first-order valence-electron chi connectivity index (χ1n) is 10.4. The molecule has 162 valence electrons. The summed E-state index contributed by atoms with van der Waals surface area (Å²) in [6.45, 7) is 6.03. The third-order valence-electron chi connectivity index (χ3n) is 5.02. The number of anilines is 1. The van der Waals surface area contributed by atoms with Crippen molar-refractivity contribution in [3.05, 3.63) is 70.3 Å². The molecule has 0 fully saturated rings. The van der Waals surface area contributed by atoms with Crippen molar-refractivity contribution >= 4 is 29.3 Å². The molecule has 0 saturated carbocycles. The van der Waals surface area contributed by atoms with Gasteiger partial charge in [-0.2, -0.15) is 0 Å². The number of allylic oxidation sites excluding steroid dienone is 5. The predicted molar refractivity (Wildman–Crippen MR) is 126 cm³/mol. The van der Waals surface area contributed by atoms with E-state index in [0.29, 0.717) is 36.7 Å². The summed E-state index contributed by atoms with van der Waals surface area (Å²) in [5.41, 5.74) is 6.19. The number of hydrogen-bond donors (Lipinski definition) is 1. The zero-order valence-electron chi connectivity index (χ0n) is 18.1. The number of aromatic nitrogens is 2. The minimum absolute atomic E-state index is 0.0517. The van der Waals surface area contributed by atoms with Crippen molar-refractivity contribution in [1.29, 1.82) is 0 Å². The summed E-state index contributed by atoms with van der Waals surface area (Å²) in [7, 11) is 0. The molecule has 0 spiro atoms. The highest BCUT2D eigenvalue weighted by molar-refractivity contribution is 6.18. The average molecular weight is 440 g/mol. The maximum Gasteiger partial charge on any atom is 0.156 e. The Bertz CT molecular complexity index is 1070. The molecule has 6 heteroatoms. The number of benzene rings is 1. The van der Waals surface area contributed by atoms with Crippen molar-refractivity contribution in [2.45, 2.75) is 40.0 Å². The van der Waals surface area contributed by atoms with Gasteiger partial charge in [0.1, 0.15) is 11.5 Å². The monoisotopic (exact) mass is 439 g/mol. The first kappa shape index (κ1) is 22.9. The van der Waals surface area contributed by atoms with Crippen molar-refractivity contribution in [2.75, 3.05) is 17.7 Å². The maximum absolute atomic E-state index is 13.6. The number of halogens is 2. The van der Waals surface area contributed by atoms with E-state index in [4.69, 9.17) is 21.6 Å². The van der Waals surface area contributed by atoms with Crippen LogP contribution in [0.2, 0.25) is 0 Å². The molecule has 1 aliphatic carbocycles. The van der Waals surface area contributed by atoms with Crippen molar-refractivity contribution in [3.63, 3.8) is 0 Å². The Kier molecular flexibility index (Phi) is 7.75. The van der Waals surface area contributed by atoms with Crippen molar-refractivity contribution in [3.8, 4) is 11.3 Å². The van der Waals surface area contributed by atoms with E-state index in [1.165, 1.54) is 6.07 Å². The van der Waals surface area contributed by atoms with Crippen LogP contribution < -0.4 is 5.32 Å². The molecule has 1 aromatic heterocycles. The van der Waals surface area contributed by atoms with Crippen molar-refractivity contribution in [1.82, 2.24) is 9.97 Å².